The molecule has 0 bridgehead atoms. The molecule has 4 atom stereocenters. The predicted molar refractivity (Wildman–Crippen MR) is 150 cm³/mol. The lowest BCUT2D eigenvalue weighted by Crippen LogP contribution is -2.29. The van der Waals surface area contributed by atoms with Crippen molar-refractivity contribution in [2.24, 2.45) is 17.3 Å². The summed E-state index contributed by atoms with van der Waals surface area (Å²) in [6.07, 6.45) is 3.51. The molecule has 4 unspecified atom stereocenters. The van der Waals surface area contributed by atoms with Crippen LogP contribution in [0.5, 0.6) is 11.5 Å². The highest BCUT2D eigenvalue weighted by Crippen LogP contribution is 2.46. The molecule has 2 N–H and O–H groups in total. The Hall–Kier alpha value is -3.50. The van der Waals surface area contributed by atoms with E-state index in [1.54, 1.807) is 36.4 Å². The number of allylic oxidation sites excluding steroid dienone is 2. The van der Waals surface area contributed by atoms with Crippen LogP contribution in [0, 0.1) is 17.3 Å². The molecule has 0 spiro atoms. The van der Waals surface area contributed by atoms with E-state index in [1.165, 1.54) is 47.8 Å². The van der Waals surface area contributed by atoms with Crippen molar-refractivity contribution in [2.45, 2.75) is 30.8 Å². The first-order valence-corrected chi connectivity index (χ1v) is 14.8. The summed E-state index contributed by atoms with van der Waals surface area (Å²) < 4.78 is 11.5. The quantitative estimate of drug-likeness (QED) is 0.355. The number of hydrogen-bond donors (Lipinski definition) is 2. The summed E-state index contributed by atoms with van der Waals surface area (Å²) in [5, 5.41) is 18.3. The number of phenolic OH excluding ortho intramolecular Hbond substituents is 2. The molecule has 208 valence electrons. The predicted octanol–water partition coefficient (Wildman–Crippen LogP) is 5.03. The minimum atomic E-state index is -1.00. The second-order valence-electron chi connectivity index (χ2n) is 10.6. The van der Waals surface area contributed by atoms with Crippen LogP contribution >= 0.6 is 23.5 Å². The molecule has 10 heteroatoms. The fraction of sp³-hybridized carbons (Fsp3) is 0.333. The zero-order valence-corrected chi connectivity index (χ0v) is 23.5. The maximum Gasteiger partial charge on any atom is 0.323 e. The van der Waals surface area contributed by atoms with Gasteiger partial charge in [0, 0.05) is 5.41 Å². The number of carbonyl (C=O) groups excluding carboxylic acids is 4. The minimum Gasteiger partial charge on any atom is -0.508 e. The standard InChI is InChI=1S/C30H28O8S2/c1-30(2)12-20(37-28(35)24-22(33)14-39-26(24)16-3-7-18(31)8-4-16)11-21(13-30)38-29(36)25-23(34)15-40-27(25)17-5-9-19(32)10-6-17/h3-10,12-13,24-27,31-32H,11,14-15H2,1-2H3. The number of hydrogen-bond acceptors (Lipinski definition) is 10. The lowest BCUT2D eigenvalue weighted by Gasteiger charge is -2.27. The second-order valence-corrected chi connectivity index (χ2v) is 12.9. The Morgan fingerprint density at radius 1 is 0.725 bits per heavy atom. The van der Waals surface area contributed by atoms with Gasteiger partial charge < -0.3 is 19.7 Å². The van der Waals surface area contributed by atoms with E-state index < -0.39 is 39.7 Å². The van der Waals surface area contributed by atoms with Crippen molar-refractivity contribution in [1.29, 1.82) is 0 Å². The van der Waals surface area contributed by atoms with Crippen molar-refractivity contribution < 1.29 is 38.9 Å². The molecule has 40 heavy (non-hydrogen) atoms. The number of rotatable bonds is 6. The van der Waals surface area contributed by atoms with E-state index in [2.05, 4.69) is 0 Å². The number of carbonyl (C=O) groups is 4. The third-order valence-electron chi connectivity index (χ3n) is 6.94. The smallest absolute Gasteiger partial charge is 0.323 e. The fourth-order valence-electron chi connectivity index (χ4n) is 5.13. The highest BCUT2D eigenvalue weighted by Gasteiger charge is 2.45. The Kier molecular flexibility index (Phi) is 7.83. The van der Waals surface area contributed by atoms with Crippen LogP contribution in [-0.2, 0) is 28.7 Å². The van der Waals surface area contributed by atoms with Gasteiger partial charge in [-0.25, -0.2) is 0 Å². The Labute approximate surface area is 239 Å². The van der Waals surface area contributed by atoms with Gasteiger partial charge in [0.25, 0.3) is 0 Å². The summed E-state index contributed by atoms with van der Waals surface area (Å²) in [7, 11) is 0. The molecule has 2 aromatic carbocycles. The molecule has 8 nitrogen and oxygen atoms in total. The number of thioether (sulfide) groups is 2. The number of Topliss-reactive ketones (excluding diaryl/α,β-unsaturated/α-hetero) is 2. The zero-order chi connectivity index (χ0) is 28.6. The molecule has 0 amide bonds. The Morgan fingerprint density at radius 3 is 1.48 bits per heavy atom. The Morgan fingerprint density at radius 2 is 1.10 bits per heavy atom. The average Bonchev–Trinajstić information content (AvgIpc) is 3.46. The first kappa shape index (κ1) is 28.0. The molecule has 0 aromatic heterocycles. The molecule has 0 saturated carbocycles. The zero-order valence-electron chi connectivity index (χ0n) is 21.9. The van der Waals surface area contributed by atoms with Gasteiger partial charge in [-0.1, -0.05) is 38.1 Å². The molecule has 2 aromatic rings. The van der Waals surface area contributed by atoms with Crippen LogP contribution in [0.15, 0.2) is 72.2 Å². The topological polar surface area (TPSA) is 127 Å². The lowest BCUT2D eigenvalue weighted by molar-refractivity contribution is -0.147. The van der Waals surface area contributed by atoms with Crippen molar-refractivity contribution in [3.05, 3.63) is 83.3 Å². The summed E-state index contributed by atoms with van der Waals surface area (Å²) in [6.45, 7) is 3.72. The average molecular weight is 581 g/mol. The first-order valence-electron chi connectivity index (χ1n) is 12.7. The molecule has 2 heterocycles. The van der Waals surface area contributed by atoms with Gasteiger partial charge in [-0.05, 0) is 47.5 Å². The van der Waals surface area contributed by atoms with Crippen molar-refractivity contribution in [3.8, 4) is 11.5 Å². The van der Waals surface area contributed by atoms with Crippen LogP contribution in [0.25, 0.3) is 0 Å². The summed E-state index contributed by atoms with van der Waals surface area (Å²) in [6, 6.07) is 12.8. The largest absolute Gasteiger partial charge is 0.508 e. The first-order chi connectivity index (χ1) is 19.0. The molecule has 2 fully saturated rings. The highest BCUT2D eigenvalue weighted by atomic mass is 32.2. The van der Waals surface area contributed by atoms with Crippen molar-refractivity contribution in [3.63, 3.8) is 0 Å². The number of esters is 2. The number of phenols is 2. The van der Waals surface area contributed by atoms with Crippen LogP contribution in [0.2, 0.25) is 0 Å². The normalized spacial score (nSPS) is 25.8. The van der Waals surface area contributed by atoms with Gasteiger partial charge in [0.2, 0.25) is 0 Å². The Bertz CT molecular complexity index is 1300. The monoisotopic (exact) mass is 580 g/mol. The maximum absolute atomic E-state index is 13.3. The van der Waals surface area contributed by atoms with Gasteiger partial charge in [-0.15, -0.1) is 23.5 Å². The molecule has 3 aliphatic rings. The van der Waals surface area contributed by atoms with Crippen molar-refractivity contribution in [2.75, 3.05) is 11.5 Å². The second kappa shape index (κ2) is 11.2. The van der Waals surface area contributed by atoms with Crippen LogP contribution in [0.3, 0.4) is 0 Å². The fourth-order valence-corrected chi connectivity index (χ4v) is 7.79. The van der Waals surface area contributed by atoms with Crippen LogP contribution in [0.1, 0.15) is 41.9 Å². The molecule has 1 aliphatic carbocycles. The third kappa shape index (κ3) is 5.97. The van der Waals surface area contributed by atoms with E-state index in [9.17, 15) is 29.4 Å². The van der Waals surface area contributed by atoms with Gasteiger partial charge >= 0.3 is 11.9 Å². The number of aromatic hydroxyl groups is 2. The molecule has 0 radical (unpaired) electrons. The van der Waals surface area contributed by atoms with Crippen LogP contribution < -0.4 is 0 Å². The van der Waals surface area contributed by atoms with E-state index >= 15 is 0 Å². The SMILES string of the molecule is CC1(C)C=C(OC(=O)C2C(=O)CSC2c2ccc(O)cc2)CC(OC(=O)C2C(=O)CSC2c2ccc(O)cc2)=C1. The van der Waals surface area contributed by atoms with E-state index in [1.807, 2.05) is 13.8 Å². The maximum atomic E-state index is 13.3. The van der Waals surface area contributed by atoms with Gasteiger partial charge in [0.05, 0.1) is 28.4 Å². The van der Waals surface area contributed by atoms with Crippen LogP contribution in [-0.4, -0.2) is 45.2 Å². The van der Waals surface area contributed by atoms with E-state index in [-0.39, 0.29) is 52.5 Å². The number of ketones is 2. The van der Waals surface area contributed by atoms with Crippen molar-refractivity contribution in [1.82, 2.24) is 0 Å². The van der Waals surface area contributed by atoms with E-state index in [4.69, 9.17) is 9.47 Å². The number of ether oxygens (including phenoxy) is 2. The molecule has 2 saturated heterocycles. The van der Waals surface area contributed by atoms with Gasteiger partial charge in [-0.2, -0.15) is 0 Å². The van der Waals surface area contributed by atoms with Crippen molar-refractivity contribution >= 4 is 47.0 Å². The van der Waals surface area contributed by atoms with E-state index in [0.717, 1.165) is 11.1 Å². The summed E-state index contributed by atoms with van der Waals surface area (Å²) in [5.74, 6) is -2.79. The summed E-state index contributed by atoms with van der Waals surface area (Å²) in [4.78, 5) is 51.8. The van der Waals surface area contributed by atoms with Gasteiger partial charge in [0.1, 0.15) is 34.9 Å². The minimum absolute atomic E-state index is 0.0107. The van der Waals surface area contributed by atoms with E-state index in [0.29, 0.717) is 0 Å². The third-order valence-corrected chi connectivity index (χ3v) is 9.65. The molecular formula is C30H28O8S2. The molecular weight excluding hydrogens is 552 g/mol. The number of benzene rings is 2. The van der Waals surface area contributed by atoms with Gasteiger partial charge in [-0.3, -0.25) is 19.2 Å². The highest BCUT2D eigenvalue weighted by molar-refractivity contribution is 8.01. The summed E-state index contributed by atoms with van der Waals surface area (Å²) >= 11 is 2.70. The van der Waals surface area contributed by atoms with Crippen LogP contribution in [0.4, 0.5) is 0 Å². The molecule has 2 aliphatic heterocycles. The molecule has 5 rings (SSSR count). The summed E-state index contributed by atoms with van der Waals surface area (Å²) in [5.41, 5.74) is 0.856. The van der Waals surface area contributed by atoms with Gasteiger partial charge in [0.15, 0.2) is 11.6 Å². The Balaban J connectivity index is 1.29. The lowest BCUT2D eigenvalue weighted by atomic mass is 9.87.